The van der Waals surface area contributed by atoms with Crippen LogP contribution >= 0.6 is 11.5 Å². The lowest BCUT2D eigenvalue weighted by Crippen LogP contribution is -2.37. The fourth-order valence-electron chi connectivity index (χ4n) is 5.87. The Hall–Kier alpha value is -2.66. The van der Waals surface area contributed by atoms with Gasteiger partial charge < -0.3 is 15.0 Å². The van der Waals surface area contributed by atoms with Gasteiger partial charge in [0.05, 0.1) is 35.2 Å². The van der Waals surface area contributed by atoms with Crippen LogP contribution in [-0.4, -0.2) is 50.3 Å². The van der Waals surface area contributed by atoms with Crippen LogP contribution in [0.15, 0.2) is 18.3 Å². The van der Waals surface area contributed by atoms with Gasteiger partial charge >= 0.3 is 0 Å². The summed E-state index contributed by atoms with van der Waals surface area (Å²) in [6.45, 7) is 5.91. The highest BCUT2D eigenvalue weighted by Crippen LogP contribution is 2.38. The monoisotopic (exact) mass is 516 g/mol. The molecule has 3 aromatic heterocycles. The lowest BCUT2D eigenvalue weighted by atomic mass is 9.80. The van der Waals surface area contributed by atoms with E-state index in [1.54, 1.807) is 10.9 Å². The first-order valence-electron chi connectivity index (χ1n) is 12.7. The summed E-state index contributed by atoms with van der Waals surface area (Å²) in [7, 11) is 0. The van der Waals surface area contributed by atoms with Gasteiger partial charge in [-0.3, -0.25) is 9.48 Å². The Balaban J connectivity index is 1.23. The van der Waals surface area contributed by atoms with Crippen molar-refractivity contribution < 1.29 is 18.3 Å². The van der Waals surface area contributed by atoms with E-state index in [9.17, 15) is 13.6 Å². The van der Waals surface area contributed by atoms with Crippen molar-refractivity contribution in [3.63, 3.8) is 0 Å². The van der Waals surface area contributed by atoms with Gasteiger partial charge in [-0.15, -0.1) is 0 Å². The summed E-state index contributed by atoms with van der Waals surface area (Å²) >= 11 is 1.17. The number of morpholine rings is 1. The normalized spacial score (nSPS) is 26.0. The molecule has 3 aromatic rings. The van der Waals surface area contributed by atoms with E-state index in [0.717, 1.165) is 49.2 Å². The van der Waals surface area contributed by atoms with Crippen LogP contribution in [-0.2, 0) is 4.74 Å². The number of pyridine rings is 1. The Kier molecular flexibility index (Phi) is 6.15. The summed E-state index contributed by atoms with van der Waals surface area (Å²) in [5.41, 5.74) is 0.252. The van der Waals surface area contributed by atoms with Crippen LogP contribution in [0.4, 0.5) is 20.3 Å². The molecule has 3 fully saturated rings. The Morgan fingerprint density at radius 1 is 1.19 bits per heavy atom. The number of hydrogen-bond donors (Lipinski definition) is 1. The third-order valence-corrected chi connectivity index (χ3v) is 8.79. The Morgan fingerprint density at radius 3 is 2.67 bits per heavy atom. The minimum Gasteiger partial charge on any atom is -0.374 e. The first-order valence-corrected chi connectivity index (χ1v) is 13.5. The minimum atomic E-state index is -2.79. The number of amides is 1. The smallest absolute Gasteiger partial charge is 0.284 e. The van der Waals surface area contributed by atoms with E-state index in [-0.39, 0.29) is 23.5 Å². The van der Waals surface area contributed by atoms with Crippen molar-refractivity contribution in [1.29, 1.82) is 0 Å². The number of carbonyl (C=O) groups is 1. The molecule has 5 heterocycles. The zero-order valence-electron chi connectivity index (χ0n) is 20.4. The molecule has 2 saturated heterocycles. The van der Waals surface area contributed by atoms with E-state index in [2.05, 4.69) is 33.5 Å². The number of rotatable bonds is 6. The number of aromatic nitrogens is 4. The van der Waals surface area contributed by atoms with Gasteiger partial charge in [0.15, 0.2) is 11.4 Å². The molecule has 11 heteroatoms. The van der Waals surface area contributed by atoms with Crippen LogP contribution in [0.5, 0.6) is 0 Å². The number of halogens is 2. The molecule has 0 aromatic carbocycles. The molecule has 1 unspecified atom stereocenters. The van der Waals surface area contributed by atoms with Crippen molar-refractivity contribution >= 4 is 39.2 Å². The number of fused-ring (bicyclic) bond motifs is 3. The second-order valence-electron chi connectivity index (χ2n) is 10.5. The number of carbonyl (C=O) groups excluding carboxylic acids is 1. The minimum absolute atomic E-state index is 0.0345. The van der Waals surface area contributed by atoms with Crippen LogP contribution in [0.1, 0.15) is 74.6 Å². The van der Waals surface area contributed by atoms with E-state index in [1.165, 1.54) is 11.5 Å². The summed E-state index contributed by atoms with van der Waals surface area (Å²) in [4.78, 5) is 20.2. The van der Waals surface area contributed by atoms with Crippen molar-refractivity contribution in [3.8, 4) is 0 Å². The number of nitrogens with one attached hydrogen (secondary N) is 1. The van der Waals surface area contributed by atoms with E-state index in [1.807, 2.05) is 12.1 Å². The highest BCUT2D eigenvalue weighted by Gasteiger charge is 2.39. The third-order valence-electron chi connectivity index (χ3n) is 7.99. The quantitative estimate of drug-likeness (QED) is 0.470. The van der Waals surface area contributed by atoms with Crippen molar-refractivity contribution in [2.75, 3.05) is 23.4 Å². The highest BCUT2D eigenvalue weighted by atomic mass is 32.1. The zero-order valence-corrected chi connectivity index (χ0v) is 21.2. The average Bonchev–Trinajstić information content (AvgIpc) is 3.66. The number of ether oxygens (including phenoxy) is 1. The van der Waals surface area contributed by atoms with Crippen molar-refractivity contribution in [2.24, 2.45) is 11.8 Å². The topological polar surface area (TPSA) is 85.2 Å². The van der Waals surface area contributed by atoms with Crippen molar-refractivity contribution in [2.45, 2.75) is 70.6 Å². The molecule has 3 aliphatic rings. The second-order valence-corrected chi connectivity index (χ2v) is 11.3. The summed E-state index contributed by atoms with van der Waals surface area (Å²) in [6.07, 6.45) is 3.86. The van der Waals surface area contributed by atoms with Gasteiger partial charge in [-0.2, -0.15) is 9.47 Å². The molecule has 192 valence electrons. The maximum atomic E-state index is 13.9. The van der Waals surface area contributed by atoms with Gasteiger partial charge in [0.1, 0.15) is 11.3 Å². The second kappa shape index (κ2) is 9.33. The molecule has 0 radical (unpaired) electrons. The molecular weight excluding hydrogens is 486 g/mol. The van der Waals surface area contributed by atoms with Gasteiger partial charge in [0, 0.05) is 12.7 Å². The largest absolute Gasteiger partial charge is 0.374 e. The SMILES string of the molecule is CC(C)C1CCC(n2cc(NC(=O)c3nsc4ccc(N5CC6C[C@@H]5CO6)nc34)c(C(F)F)n2)CC1. The first-order chi connectivity index (χ1) is 17.4. The molecule has 1 amide bonds. The Bertz CT molecular complexity index is 1270. The lowest BCUT2D eigenvalue weighted by molar-refractivity contribution is 0.0988. The standard InChI is InChI=1S/C25H30F2N6O2S/c1-13(2)14-3-5-15(6-4-14)33-11-18(21(30-33)24(26)27)28-25(34)23-22-19(36-31-23)7-8-20(29-22)32-10-17-9-16(32)12-35-17/h7-8,11,13-17,24H,3-6,9-10,12H2,1-2H3,(H,28,34)/t14?,15?,16-,17?/m1/s1. The van der Waals surface area contributed by atoms with Gasteiger partial charge in [-0.05, 0) is 67.6 Å². The predicted molar refractivity (Wildman–Crippen MR) is 134 cm³/mol. The molecule has 2 bridgehead atoms. The third kappa shape index (κ3) is 4.26. The van der Waals surface area contributed by atoms with Crippen LogP contribution in [0.2, 0.25) is 0 Å². The summed E-state index contributed by atoms with van der Waals surface area (Å²) in [5.74, 6) is 1.50. The summed E-state index contributed by atoms with van der Waals surface area (Å²) < 4.78 is 40.1. The molecule has 1 N–H and O–H groups in total. The predicted octanol–water partition coefficient (Wildman–Crippen LogP) is 5.44. The molecule has 0 spiro atoms. The van der Waals surface area contributed by atoms with Crippen LogP contribution < -0.4 is 10.2 Å². The number of alkyl halides is 2. The van der Waals surface area contributed by atoms with E-state index in [0.29, 0.717) is 30.0 Å². The van der Waals surface area contributed by atoms with E-state index in [4.69, 9.17) is 9.72 Å². The summed E-state index contributed by atoms with van der Waals surface area (Å²) in [5, 5.41) is 6.85. The number of nitrogens with zero attached hydrogens (tertiary/aromatic N) is 5. The molecule has 1 aliphatic carbocycles. The van der Waals surface area contributed by atoms with Crippen LogP contribution in [0.3, 0.4) is 0 Å². The zero-order chi connectivity index (χ0) is 25.0. The maximum Gasteiger partial charge on any atom is 0.284 e. The van der Waals surface area contributed by atoms with Gasteiger partial charge in [-0.1, -0.05) is 13.8 Å². The van der Waals surface area contributed by atoms with Crippen molar-refractivity contribution in [3.05, 3.63) is 29.7 Å². The number of hydrogen-bond acceptors (Lipinski definition) is 7. The lowest BCUT2D eigenvalue weighted by Gasteiger charge is -2.30. The molecule has 1 saturated carbocycles. The highest BCUT2D eigenvalue weighted by molar-refractivity contribution is 7.13. The molecule has 2 atom stereocenters. The fourth-order valence-corrected chi connectivity index (χ4v) is 6.59. The molecule has 2 aliphatic heterocycles. The van der Waals surface area contributed by atoms with Crippen LogP contribution in [0.25, 0.3) is 10.2 Å². The van der Waals surface area contributed by atoms with E-state index < -0.39 is 18.0 Å². The van der Waals surface area contributed by atoms with Crippen LogP contribution in [0, 0.1) is 11.8 Å². The van der Waals surface area contributed by atoms with Gasteiger partial charge in [0.2, 0.25) is 0 Å². The summed E-state index contributed by atoms with van der Waals surface area (Å²) in [6, 6.07) is 4.20. The Morgan fingerprint density at radius 2 is 2.00 bits per heavy atom. The average molecular weight is 517 g/mol. The molecule has 6 rings (SSSR count). The van der Waals surface area contributed by atoms with E-state index >= 15 is 0 Å². The fraction of sp³-hybridized carbons (Fsp3) is 0.600. The Labute approximate surface area is 212 Å². The first kappa shape index (κ1) is 23.7. The molecule has 36 heavy (non-hydrogen) atoms. The number of anilines is 2. The van der Waals surface area contributed by atoms with Crippen molar-refractivity contribution in [1.82, 2.24) is 19.1 Å². The molecular formula is C25H30F2N6O2S. The van der Waals surface area contributed by atoms with Gasteiger partial charge in [0.25, 0.3) is 12.3 Å². The van der Waals surface area contributed by atoms with Gasteiger partial charge in [-0.25, -0.2) is 13.8 Å². The maximum absolute atomic E-state index is 13.9. The molecule has 8 nitrogen and oxygen atoms in total.